The van der Waals surface area contributed by atoms with Crippen molar-refractivity contribution in [1.29, 1.82) is 5.26 Å². The fraction of sp³-hybridized carbons (Fsp3) is 0.300. The van der Waals surface area contributed by atoms with Gasteiger partial charge >= 0.3 is 0 Å². The molecule has 68 valence electrons. The molecule has 0 amide bonds. The van der Waals surface area contributed by atoms with Gasteiger partial charge in [-0.1, -0.05) is 6.07 Å². The number of phenols is 1. The summed E-state index contributed by atoms with van der Waals surface area (Å²) in [6.07, 6.45) is 0.268. The Kier molecular flexibility index (Phi) is 2.88. The van der Waals surface area contributed by atoms with Crippen molar-refractivity contribution in [3.8, 4) is 11.8 Å². The molecule has 1 unspecified atom stereocenters. The first-order chi connectivity index (χ1) is 6.15. The average molecular weight is 176 g/mol. The highest BCUT2D eigenvalue weighted by molar-refractivity contribution is 5.36. The summed E-state index contributed by atoms with van der Waals surface area (Å²) < 4.78 is 0. The van der Waals surface area contributed by atoms with E-state index >= 15 is 0 Å². The minimum Gasteiger partial charge on any atom is -0.508 e. The molecule has 0 heterocycles. The molecule has 1 aromatic carbocycles. The normalized spacial score (nSPS) is 12.1. The molecule has 1 aromatic rings. The van der Waals surface area contributed by atoms with Gasteiger partial charge in [-0.25, -0.2) is 0 Å². The molecule has 0 fully saturated rings. The standard InChI is InChI=1S/C10H12N2O/c1-7-2-3-8(13)6-9(7)10(12)4-5-11/h2-3,6,10,13H,4,12H2,1H3. The average Bonchev–Trinajstić information content (AvgIpc) is 2.09. The molecule has 0 aliphatic carbocycles. The molecule has 0 aromatic heterocycles. The topological polar surface area (TPSA) is 70.0 Å². The van der Waals surface area contributed by atoms with Crippen LogP contribution in [0.3, 0.4) is 0 Å². The second-order valence-electron chi connectivity index (χ2n) is 3.01. The Morgan fingerprint density at radius 2 is 2.31 bits per heavy atom. The maximum Gasteiger partial charge on any atom is 0.115 e. The fourth-order valence-corrected chi connectivity index (χ4v) is 1.24. The summed E-state index contributed by atoms with van der Waals surface area (Å²) in [5.74, 6) is 0.189. The molecule has 0 saturated carbocycles. The Morgan fingerprint density at radius 3 is 2.92 bits per heavy atom. The number of nitrogens with two attached hydrogens (primary N) is 1. The second kappa shape index (κ2) is 3.92. The molecule has 3 N–H and O–H groups in total. The first-order valence-electron chi connectivity index (χ1n) is 4.07. The molecular formula is C10H12N2O. The van der Waals surface area contributed by atoms with Gasteiger partial charge in [0.05, 0.1) is 12.5 Å². The molecule has 0 aliphatic heterocycles. The summed E-state index contributed by atoms with van der Waals surface area (Å²) in [7, 11) is 0. The van der Waals surface area contributed by atoms with E-state index in [4.69, 9.17) is 11.0 Å². The zero-order valence-electron chi connectivity index (χ0n) is 7.49. The summed E-state index contributed by atoms with van der Waals surface area (Å²) in [4.78, 5) is 0. The van der Waals surface area contributed by atoms with Crippen molar-refractivity contribution in [2.24, 2.45) is 5.73 Å². The van der Waals surface area contributed by atoms with Gasteiger partial charge < -0.3 is 10.8 Å². The molecule has 1 atom stereocenters. The van der Waals surface area contributed by atoms with Crippen LogP contribution in [0, 0.1) is 18.3 Å². The van der Waals surface area contributed by atoms with Gasteiger partial charge in [0.2, 0.25) is 0 Å². The van der Waals surface area contributed by atoms with E-state index in [0.29, 0.717) is 0 Å². The van der Waals surface area contributed by atoms with Crippen LogP contribution in [0.5, 0.6) is 5.75 Å². The monoisotopic (exact) mass is 176 g/mol. The molecule has 13 heavy (non-hydrogen) atoms. The number of aromatic hydroxyl groups is 1. The van der Waals surface area contributed by atoms with E-state index in [1.165, 1.54) is 0 Å². The minimum absolute atomic E-state index is 0.189. The number of aryl methyl sites for hydroxylation is 1. The highest BCUT2D eigenvalue weighted by Gasteiger charge is 2.08. The number of rotatable bonds is 2. The third-order valence-electron chi connectivity index (χ3n) is 1.97. The van der Waals surface area contributed by atoms with E-state index in [2.05, 4.69) is 0 Å². The van der Waals surface area contributed by atoms with Crippen molar-refractivity contribution in [3.05, 3.63) is 29.3 Å². The van der Waals surface area contributed by atoms with E-state index < -0.39 is 0 Å². The molecule has 0 saturated heterocycles. The van der Waals surface area contributed by atoms with Crippen molar-refractivity contribution < 1.29 is 5.11 Å². The third kappa shape index (κ3) is 2.20. The maximum atomic E-state index is 9.22. The van der Waals surface area contributed by atoms with Gasteiger partial charge in [0, 0.05) is 6.04 Å². The third-order valence-corrected chi connectivity index (χ3v) is 1.97. The second-order valence-corrected chi connectivity index (χ2v) is 3.01. The van der Waals surface area contributed by atoms with Crippen molar-refractivity contribution in [2.45, 2.75) is 19.4 Å². The van der Waals surface area contributed by atoms with Gasteiger partial charge in [0.25, 0.3) is 0 Å². The predicted octanol–water partition coefficient (Wildman–Crippen LogP) is 1.61. The summed E-state index contributed by atoms with van der Waals surface area (Å²) in [5, 5.41) is 17.7. The van der Waals surface area contributed by atoms with Gasteiger partial charge in [-0.15, -0.1) is 0 Å². The minimum atomic E-state index is -0.308. The summed E-state index contributed by atoms with van der Waals surface area (Å²) in [6, 6.07) is 6.71. The quantitative estimate of drug-likeness (QED) is 0.719. The van der Waals surface area contributed by atoms with Gasteiger partial charge in [-0.3, -0.25) is 0 Å². The zero-order chi connectivity index (χ0) is 9.84. The van der Waals surface area contributed by atoms with Crippen LogP contribution in [0.25, 0.3) is 0 Å². The maximum absolute atomic E-state index is 9.22. The van der Waals surface area contributed by atoms with Crippen LogP contribution in [0.2, 0.25) is 0 Å². The lowest BCUT2D eigenvalue weighted by Crippen LogP contribution is -2.10. The van der Waals surface area contributed by atoms with Gasteiger partial charge in [-0.05, 0) is 30.2 Å². The zero-order valence-corrected chi connectivity index (χ0v) is 7.49. The number of nitrogens with zero attached hydrogens (tertiary/aromatic N) is 1. The first kappa shape index (κ1) is 9.56. The van der Waals surface area contributed by atoms with Crippen LogP contribution >= 0.6 is 0 Å². The Labute approximate surface area is 77.4 Å². The summed E-state index contributed by atoms with van der Waals surface area (Å²) in [6.45, 7) is 1.91. The van der Waals surface area contributed by atoms with E-state index in [9.17, 15) is 5.11 Å². The molecular weight excluding hydrogens is 164 g/mol. The molecule has 3 nitrogen and oxygen atoms in total. The lowest BCUT2D eigenvalue weighted by atomic mass is 10.00. The lowest BCUT2D eigenvalue weighted by Gasteiger charge is -2.11. The molecule has 3 heteroatoms. The Bertz CT molecular complexity index is 341. The van der Waals surface area contributed by atoms with Crippen LogP contribution in [0.15, 0.2) is 18.2 Å². The van der Waals surface area contributed by atoms with Crippen molar-refractivity contribution in [1.82, 2.24) is 0 Å². The van der Waals surface area contributed by atoms with E-state index in [-0.39, 0.29) is 18.2 Å². The fourth-order valence-electron chi connectivity index (χ4n) is 1.24. The lowest BCUT2D eigenvalue weighted by molar-refractivity contribution is 0.473. The van der Waals surface area contributed by atoms with Crippen molar-refractivity contribution >= 4 is 0 Å². The molecule has 0 radical (unpaired) electrons. The summed E-state index contributed by atoms with van der Waals surface area (Å²) in [5.41, 5.74) is 7.58. The highest BCUT2D eigenvalue weighted by atomic mass is 16.3. The van der Waals surface area contributed by atoms with Gasteiger partial charge in [-0.2, -0.15) is 5.26 Å². The van der Waals surface area contributed by atoms with Gasteiger partial charge in [0.1, 0.15) is 5.75 Å². The molecule has 0 spiro atoms. The van der Waals surface area contributed by atoms with E-state index in [1.54, 1.807) is 18.2 Å². The largest absolute Gasteiger partial charge is 0.508 e. The van der Waals surface area contributed by atoms with Crippen LogP contribution in [-0.4, -0.2) is 5.11 Å². The van der Waals surface area contributed by atoms with E-state index in [0.717, 1.165) is 11.1 Å². The number of phenolic OH excluding ortho intramolecular Hbond substituents is 1. The van der Waals surface area contributed by atoms with Crippen LogP contribution < -0.4 is 5.73 Å². The highest BCUT2D eigenvalue weighted by Crippen LogP contribution is 2.22. The first-order valence-corrected chi connectivity index (χ1v) is 4.07. The smallest absolute Gasteiger partial charge is 0.115 e. The predicted molar refractivity (Wildman–Crippen MR) is 50.0 cm³/mol. The van der Waals surface area contributed by atoms with Crippen LogP contribution in [0.4, 0.5) is 0 Å². The van der Waals surface area contributed by atoms with Crippen LogP contribution in [0.1, 0.15) is 23.6 Å². The number of hydrogen-bond acceptors (Lipinski definition) is 3. The van der Waals surface area contributed by atoms with Crippen LogP contribution in [-0.2, 0) is 0 Å². The van der Waals surface area contributed by atoms with Gasteiger partial charge in [0.15, 0.2) is 0 Å². The number of nitriles is 1. The molecule has 1 rings (SSSR count). The Morgan fingerprint density at radius 1 is 1.62 bits per heavy atom. The summed E-state index contributed by atoms with van der Waals surface area (Å²) >= 11 is 0. The van der Waals surface area contributed by atoms with Crippen molar-refractivity contribution in [3.63, 3.8) is 0 Å². The number of benzene rings is 1. The number of hydrogen-bond donors (Lipinski definition) is 2. The molecule has 0 bridgehead atoms. The SMILES string of the molecule is Cc1ccc(O)cc1C(N)CC#N. The Balaban J connectivity index is 3.00. The van der Waals surface area contributed by atoms with Crippen molar-refractivity contribution in [2.75, 3.05) is 0 Å². The Hall–Kier alpha value is -1.53. The molecule has 0 aliphatic rings. The van der Waals surface area contributed by atoms with E-state index in [1.807, 2.05) is 13.0 Å².